The summed E-state index contributed by atoms with van der Waals surface area (Å²) in [5.41, 5.74) is 2.34. The van der Waals surface area contributed by atoms with E-state index >= 15 is 0 Å². The number of carbonyl (C=O) groups excluding carboxylic acids is 2. The van der Waals surface area contributed by atoms with Crippen molar-refractivity contribution < 1.29 is 14.3 Å². The number of piperidine rings is 1. The van der Waals surface area contributed by atoms with E-state index in [9.17, 15) is 9.59 Å². The van der Waals surface area contributed by atoms with Gasteiger partial charge in [-0.25, -0.2) is 4.79 Å². The van der Waals surface area contributed by atoms with E-state index in [2.05, 4.69) is 34.7 Å². The Kier molecular flexibility index (Phi) is 4.39. The zero-order chi connectivity index (χ0) is 18.3. The van der Waals surface area contributed by atoms with E-state index < -0.39 is 0 Å². The molecule has 0 spiro atoms. The first-order chi connectivity index (χ1) is 12.5. The Morgan fingerprint density at radius 2 is 2.15 bits per heavy atom. The molecule has 1 aliphatic carbocycles. The Balaban J connectivity index is 1.83. The molecule has 6 heteroatoms. The molecule has 2 bridgehead atoms. The lowest BCUT2D eigenvalue weighted by Crippen LogP contribution is -2.60. The van der Waals surface area contributed by atoms with Gasteiger partial charge in [0.05, 0.1) is 7.11 Å². The van der Waals surface area contributed by atoms with Crippen molar-refractivity contribution in [2.45, 2.75) is 43.6 Å². The molecule has 2 aliphatic heterocycles. The highest BCUT2D eigenvalue weighted by Gasteiger charge is 2.53. The smallest absolute Gasteiger partial charge is 0.321 e. The van der Waals surface area contributed by atoms with Crippen LogP contribution in [-0.4, -0.2) is 50.1 Å². The van der Waals surface area contributed by atoms with Crippen LogP contribution in [0.15, 0.2) is 18.2 Å². The third-order valence-electron chi connectivity index (χ3n) is 6.64. The maximum absolute atomic E-state index is 12.7. The molecule has 3 aliphatic rings. The number of ether oxygens (including phenoxy) is 1. The Bertz CT molecular complexity index is 735. The maximum atomic E-state index is 12.7. The van der Waals surface area contributed by atoms with Crippen LogP contribution >= 0.6 is 0 Å². The van der Waals surface area contributed by atoms with Gasteiger partial charge in [0.25, 0.3) is 0 Å². The minimum atomic E-state index is -0.379. The van der Waals surface area contributed by atoms with E-state index in [0.29, 0.717) is 24.9 Å². The van der Waals surface area contributed by atoms with Crippen molar-refractivity contribution in [3.63, 3.8) is 0 Å². The van der Waals surface area contributed by atoms with Crippen LogP contribution in [0.3, 0.4) is 0 Å². The van der Waals surface area contributed by atoms with Crippen molar-refractivity contribution in [1.29, 1.82) is 0 Å². The van der Waals surface area contributed by atoms with Crippen LogP contribution in [0.4, 0.5) is 4.79 Å². The summed E-state index contributed by atoms with van der Waals surface area (Å²) in [4.78, 5) is 27.0. The molecular weight excluding hydrogens is 330 g/mol. The van der Waals surface area contributed by atoms with E-state index in [1.165, 1.54) is 11.1 Å². The second-order valence-corrected chi connectivity index (χ2v) is 7.91. The Morgan fingerprint density at radius 3 is 2.96 bits per heavy atom. The van der Waals surface area contributed by atoms with Crippen LogP contribution in [0, 0.1) is 5.92 Å². The van der Waals surface area contributed by atoms with Gasteiger partial charge in [-0.3, -0.25) is 10.1 Å². The number of carbonyl (C=O) groups is 2. The number of imide groups is 1. The number of benzene rings is 1. The molecule has 1 aromatic rings. The van der Waals surface area contributed by atoms with Gasteiger partial charge in [0, 0.05) is 24.4 Å². The molecule has 0 aromatic heterocycles. The molecule has 1 aromatic carbocycles. The van der Waals surface area contributed by atoms with Gasteiger partial charge in [0.1, 0.15) is 5.75 Å². The van der Waals surface area contributed by atoms with Crippen molar-refractivity contribution in [3.05, 3.63) is 29.3 Å². The molecule has 2 fully saturated rings. The molecule has 0 unspecified atom stereocenters. The summed E-state index contributed by atoms with van der Waals surface area (Å²) in [6.07, 6.45) is 4.24. The highest BCUT2D eigenvalue weighted by atomic mass is 16.5. The number of nitrogens with one attached hydrogen (secondary N) is 2. The summed E-state index contributed by atoms with van der Waals surface area (Å²) in [7, 11) is 3.88. The van der Waals surface area contributed by atoms with Crippen LogP contribution in [-0.2, 0) is 16.6 Å². The maximum Gasteiger partial charge on any atom is 0.321 e. The lowest BCUT2D eigenvalue weighted by atomic mass is 9.54. The van der Waals surface area contributed by atoms with Crippen molar-refractivity contribution in [2.24, 2.45) is 5.92 Å². The number of hydrogen-bond acceptors (Lipinski definition) is 4. The van der Waals surface area contributed by atoms with Gasteiger partial charge in [-0.1, -0.05) is 6.07 Å². The fourth-order valence-corrected chi connectivity index (χ4v) is 5.39. The molecule has 2 saturated heterocycles. The van der Waals surface area contributed by atoms with Gasteiger partial charge in [-0.15, -0.1) is 0 Å². The third-order valence-corrected chi connectivity index (χ3v) is 6.64. The monoisotopic (exact) mass is 357 g/mol. The molecule has 140 valence electrons. The minimum absolute atomic E-state index is 0.187. The largest absolute Gasteiger partial charge is 0.497 e. The molecule has 2 heterocycles. The first-order valence-electron chi connectivity index (χ1n) is 9.49. The average Bonchev–Trinajstić information content (AvgIpc) is 2.62. The number of urea groups is 1. The van der Waals surface area contributed by atoms with Gasteiger partial charge in [-0.05, 0) is 68.5 Å². The molecular formula is C20H27N3O3. The molecule has 0 radical (unpaired) electrons. The standard InChI is InChI=1S/C20H27N3O3/c1-23-9-7-20-12-18(24)22-19(25)21-8-3-4-15(20)17(23)10-13-5-6-14(26-2)11-16(13)20/h5-6,11,15,17H,3-4,7-10,12H2,1-2H3,(H2,21,22,24,25)/t15-,17+,20-/m0/s1. The lowest BCUT2D eigenvalue weighted by molar-refractivity contribution is -0.123. The van der Waals surface area contributed by atoms with Gasteiger partial charge < -0.3 is 15.0 Å². The zero-order valence-corrected chi connectivity index (χ0v) is 15.5. The van der Waals surface area contributed by atoms with Gasteiger partial charge in [0.2, 0.25) is 5.91 Å². The minimum Gasteiger partial charge on any atom is -0.497 e. The number of amides is 3. The molecule has 3 amide bonds. The Hall–Kier alpha value is -2.08. The number of rotatable bonds is 1. The van der Waals surface area contributed by atoms with Gasteiger partial charge >= 0.3 is 6.03 Å². The predicted octanol–water partition coefficient (Wildman–Crippen LogP) is 1.82. The first-order valence-corrected chi connectivity index (χ1v) is 9.49. The van der Waals surface area contributed by atoms with Gasteiger partial charge in [-0.2, -0.15) is 0 Å². The predicted molar refractivity (Wildman–Crippen MR) is 98.3 cm³/mol. The highest BCUT2D eigenvalue weighted by Crippen LogP contribution is 2.53. The van der Waals surface area contributed by atoms with E-state index in [0.717, 1.165) is 38.0 Å². The van der Waals surface area contributed by atoms with Crippen LogP contribution in [0.2, 0.25) is 0 Å². The fourth-order valence-electron chi connectivity index (χ4n) is 5.39. The summed E-state index contributed by atoms with van der Waals surface area (Å²) in [5.74, 6) is 1.06. The fraction of sp³-hybridized carbons (Fsp3) is 0.600. The number of methoxy groups -OCH3 is 1. The summed E-state index contributed by atoms with van der Waals surface area (Å²) < 4.78 is 5.48. The summed E-state index contributed by atoms with van der Waals surface area (Å²) >= 11 is 0. The van der Waals surface area contributed by atoms with Crippen LogP contribution in [0.25, 0.3) is 0 Å². The van der Waals surface area contributed by atoms with Crippen molar-refractivity contribution in [2.75, 3.05) is 27.2 Å². The van der Waals surface area contributed by atoms with E-state index in [4.69, 9.17) is 4.74 Å². The quantitative estimate of drug-likeness (QED) is 0.804. The second kappa shape index (κ2) is 6.58. The van der Waals surface area contributed by atoms with Crippen LogP contribution in [0.1, 0.15) is 36.8 Å². The number of likely N-dealkylation sites (N-methyl/N-ethyl adjacent to an activating group) is 1. The molecule has 0 saturated carbocycles. The normalized spacial score (nSPS) is 31.9. The topological polar surface area (TPSA) is 70.7 Å². The average molecular weight is 357 g/mol. The lowest BCUT2D eigenvalue weighted by Gasteiger charge is -2.56. The van der Waals surface area contributed by atoms with Crippen molar-refractivity contribution in [3.8, 4) is 5.75 Å². The molecule has 2 N–H and O–H groups in total. The SMILES string of the molecule is COc1ccc2c(c1)[C@]13CCN(C)[C@H](C2)[C@@H]1CCCNC(=O)NC(=O)C3. The van der Waals surface area contributed by atoms with Crippen molar-refractivity contribution >= 4 is 11.9 Å². The number of fused-ring (bicyclic) bond motifs is 1. The number of nitrogens with zero attached hydrogens (tertiary/aromatic N) is 1. The molecule has 3 atom stereocenters. The zero-order valence-electron chi connectivity index (χ0n) is 15.5. The highest BCUT2D eigenvalue weighted by molar-refractivity contribution is 5.95. The molecule has 4 rings (SSSR count). The summed E-state index contributed by atoms with van der Waals surface area (Å²) in [5, 5.41) is 5.30. The first kappa shape index (κ1) is 17.3. The second-order valence-electron chi connectivity index (χ2n) is 7.91. The Morgan fingerprint density at radius 1 is 1.31 bits per heavy atom. The van der Waals surface area contributed by atoms with Crippen molar-refractivity contribution in [1.82, 2.24) is 15.5 Å². The summed E-state index contributed by atoms with van der Waals surface area (Å²) in [6.45, 7) is 1.57. The number of likely N-dealkylation sites (tertiary alicyclic amines) is 1. The number of hydrogen-bond donors (Lipinski definition) is 2. The van der Waals surface area contributed by atoms with Crippen LogP contribution in [0.5, 0.6) is 5.75 Å². The molecule has 6 nitrogen and oxygen atoms in total. The van der Waals surface area contributed by atoms with Gasteiger partial charge in [0.15, 0.2) is 0 Å². The van der Waals surface area contributed by atoms with E-state index in [-0.39, 0.29) is 17.4 Å². The Labute approximate surface area is 154 Å². The third kappa shape index (κ3) is 2.76. The van der Waals surface area contributed by atoms with E-state index in [1.807, 2.05) is 6.07 Å². The van der Waals surface area contributed by atoms with E-state index in [1.54, 1.807) is 7.11 Å². The molecule has 26 heavy (non-hydrogen) atoms. The summed E-state index contributed by atoms with van der Waals surface area (Å²) in [6, 6.07) is 6.35. The van der Waals surface area contributed by atoms with Crippen LogP contribution < -0.4 is 15.4 Å².